The molecular formula is C14H7F4NO2. The number of isocyanates is 1. The van der Waals surface area contributed by atoms with Crippen molar-refractivity contribution in [2.45, 2.75) is 6.18 Å². The number of nitrogens with zero attached hydrogens (tertiary/aromatic N) is 1. The first-order valence-electron chi connectivity index (χ1n) is 5.62. The first-order chi connectivity index (χ1) is 9.90. The van der Waals surface area contributed by atoms with Crippen molar-refractivity contribution in [3.8, 4) is 11.5 Å². The molecule has 0 N–H and O–H groups in total. The molecule has 0 aliphatic carbocycles. The molecule has 0 aliphatic rings. The van der Waals surface area contributed by atoms with Crippen LogP contribution in [0.1, 0.15) is 5.56 Å². The van der Waals surface area contributed by atoms with Gasteiger partial charge in [0.15, 0.2) is 0 Å². The molecule has 108 valence electrons. The van der Waals surface area contributed by atoms with E-state index in [2.05, 4.69) is 4.99 Å². The van der Waals surface area contributed by atoms with Gasteiger partial charge in [0.2, 0.25) is 6.08 Å². The summed E-state index contributed by atoms with van der Waals surface area (Å²) in [4.78, 5) is 13.1. The van der Waals surface area contributed by atoms with Crippen LogP contribution in [0.3, 0.4) is 0 Å². The number of aliphatic imine (C=N–C) groups is 1. The molecule has 0 atom stereocenters. The Morgan fingerprint density at radius 2 is 1.62 bits per heavy atom. The van der Waals surface area contributed by atoms with Crippen LogP contribution in [-0.2, 0) is 11.0 Å². The molecule has 2 aromatic carbocycles. The van der Waals surface area contributed by atoms with E-state index in [1.54, 1.807) is 0 Å². The SMILES string of the molecule is O=C=Nc1ccc(Oc2ccc(F)cc2)cc1C(F)(F)F. The monoisotopic (exact) mass is 297 g/mol. The van der Waals surface area contributed by atoms with Gasteiger partial charge in [-0.3, -0.25) is 0 Å². The Kier molecular flexibility index (Phi) is 4.05. The minimum Gasteiger partial charge on any atom is -0.457 e. The van der Waals surface area contributed by atoms with Crippen molar-refractivity contribution >= 4 is 11.8 Å². The van der Waals surface area contributed by atoms with Gasteiger partial charge >= 0.3 is 6.18 Å². The molecule has 3 nitrogen and oxygen atoms in total. The van der Waals surface area contributed by atoms with Crippen LogP contribution in [0.15, 0.2) is 47.5 Å². The molecule has 21 heavy (non-hydrogen) atoms. The third-order valence-electron chi connectivity index (χ3n) is 2.49. The number of alkyl halides is 3. The van der Waals surface area contributed by atoms with Crippen molar-refractivity contribution in [1.82, 2.24) is 0 Å². The first-order valence-corrected chi connectivity index (χ1v) is 5.62. The zero-order valence-corrected chi connectivity index (χ0v) is 10.3. The molecule has 0 unspecified atom stereocenters. The second-order valence-corrected chi connectivity index (χ2v) is 3.94. The predicted octanol–water partition coefficient (Wildman–Crippen LogP) is 4.60. The van der Waals surface area contributed by atoms with Crippen LogP contribution in [0, 0.1) is 5.82 Å². The van der Waals surface area contributed by atoms with E-state index in [9.17, 15) is 22.4 Å². The molecule has 0 heterocycles. The molecule has 0 saturated heterocycles. The smallest absolute Gasteiger partial charge is 0.418 e. The summed E-state index contributed by atoms with van der Waals surface area (Å²) in [6, 6.07) is 7.71. The standard InChI is InChI=1S/C14H7F4NO2/c15-9-1-3-10(4-2-9)21-11-5-6-13(19-8-20)12(7-11)14(16,17)18/h1-7H. The highest BCUT2D eigenvalue weighted by atomic mass is 19.4. The molecule has 0 amide bonds. The molecule has 7 heteroatoms. The summed E-state index contributed by atoms with van der Waals surface area (Å²) >= 11 is 0. The highest BCUT2D eigenvalue weighted by Crippen LogP contribution is 2.39. The summed E-state index contributed by atoms with van der Waals surface area (Å²) in [5.74, 6) is -0.427. The Labute approximate surface area is 116 Å². The number of carbonyl (C=O) groups excluding carboxylic acids is 1. The Hall–Kier alpha value is -2.66. The molecule has 2 rings (SSSR count). The van der Waals surface area contributed by atoms with Crippen LogP contribution >= 0.6 is 0 Å². The van der Waals surface area contributed by atoms with Crippen LogP contribution in [-0.4, -0.2) is 6.08 Å². The average molecular weight is 297 g/mol. The highest BCUT2D eigenvalue weighted by Gasteiger charge is 2.34. The number of benzene rings is 2. The van der Waals surface area contributed by atoms with E-state index >= 15 is 0 Å². The first kappa shape index (κ1) is 14.7. The van der Waals surface area contributed by atoms with Crippen molar-refractivity contribution in [2.75, 3.05) is 0 Å². The zero-order chi connectivity index (χ0) is 15.5. The molecule has 0 aliphatic heterocycles. The quantitative estimate of drug-likeness (QED) is 0.471. The number of rotatable bonds is 3. The Bertz CT molecular complexity index is 689. The van der Waals surface area contributed by atoms with Crippen LogP contribution in [0.5, 0.6) is 11.5 Å². The van der Waals surface area contributed by atoms with Crippen molar-refractivity contribution in [1.29, 1.82) is 0 Å². The van der Waals surface area contributed by atoms with Gasteiger partial charge in [-0.2, -0.15) is 18.2 Å². The lowest BCUT2D eigenvalue weighted by Gasteiger charge is -2.12. The lowest BCUT2D eigenvalue weighted by Crippen LogP contribution is -2.05. The predicted molar refractivity (Wildman–Crippen MR) is 65.7 cm³/mol. The molecule has 0 fully saturated rings. The zero-order valence-electron chi connectivity index (χ0n) is 10.3. The molecule has 2 aromatic rings. The highest BCUT2D eigenvalue weighted by molar-refractivity contribution is 5.57. The normalized spacial score (nSPS) is 10.9. The largest absolute Gasteiger partial charge is 0.457 e. The van der Waals surface area contributed by atoms with Crippen LogP contribution in [0.2, 0.25) is 0 Å². The van der Waals surface area contributed by atoms with Gasteiger partial charge in [-0.15, -0.1) is 0 Å². The fourth-order valence-corrected chi connectivity index (χ4v) is 1.59. The molecule has 0 bridgehead atoms. The van der Waals surface area contributed by atoms with Gasteiger partial charge in [0.05, 0.1) is 11.3 Å². The van der Waals surface area contributed by atoms with Gasteiger partial charge in [0.25, 0.3) is 0 Å². The van der Waals surface area contributed by atoms with Crippen molar-refractivity contribution in [2.24, 2.45) is 4.99 Å². The minimum absolute atomic E-state index is 0.112. The maximum atomic E-state index is 12.8. The molecule has 0 radical (unpaired) electrons. The minimum atomic E-state index is -4.70. The molecular weight excluding hydrogens is 290 g/mol. The van der Waals surface area contributed by atoms with Crippen LogP contribution in [0.25, 0.3) is 0 Å². The topological polar surface area (TPSA) is 38.7 Å². The van der Waals surface area contributed by atoms with Gasteiger partial charge in [-0.05, 0) is 42.5 Å². The second-order valence-electron chi connectivity index (χ2n) is 3.94. The van der Waals surface area contributed by atoms with E-state index in [-0.39, 0.29) is 11.5 Å². The number of hydrogen-bond donors (Lipinski definition) is 0. The van der Waals surface area contributed by atoms with Crippen molar-refractivity contribution in [3.63, 3.8) is 0 Å². The van der Waals surface area contributed by atoms with E-state index in [4.69, 9.17) is 4.74 Å². The van der Waals surface area contributed by atoms with Gasteiger partial charge < -0.3 is 4.74 Å². The van der Waals surface area contributed by atoms with E-state index in [0.29, 0.717) is 6.07 Å². The Morgan fingerprint density at radius 1 is 1.00 bits per heavy atom. The summed E-state index contributed by atoms with van der Waals surface area (Å²) in [5.41, 5.74) is -1.67. The average Bonchev–Trinajstić information content (AvgIpc) is 2.42. The van der Waals surface area contributed by atoms with Crippen molar-refractivity contribution in [3.05, 3.63) is 53.8 Å². The van der Waals surface area contributed by atoms with Gasteiger partial charge in [0, 0.05) is 0 Å². The summed E-state index contributed by atoms with van der Waals surface area (Å²) in [6.07, 6.45) is -3.63. The van der Waals surface area contributed by atoms with Crippen LogP contribution < -0.4 is 4.74 Å². The molecule has 0 spiro atoms. The van der Waals surface area contributed by atoms with Gasteiger partial charge in [0.1, 0.15) is 17.3 Å². The van der Waals surface area contributed by atoms with E-state index < -0.39 is 23.2 Å². The van der Waals surface area contributed by atoms with Crippen LogP contribution in [0.4, 0.5) is 23.2 Å². The molecule has 0 aromatic heterocycles. The lowest BCUT2D eigenvalue weighted by atomic mass is 10.1. The third-order valence-corrected chi connectivity index (χ3v) is 2.49. The van der Waals surface area contributed by atoms with Gasteiger partial charge in [-0.1, -0.05) is 0 Å². The second kappa shape index (κ2) is 5.76. The van der Waals surface area contributed by atoms with E-state index in [1.807, 2.05) is 0 Å². The number of ether oxygens (including phenoxy) is 1. The maximum Gasteiger partial charge on any atom is 0.418 e. The molecule has 0 saturated carbocycles. The van der Waals surface area contributed by atoms with E-state index in [1.165, 1.54) is 18.2 Å². The number of hydrogen-bond acceptors (Lipinski definition) is 3. The Morgan fingerprint density at radius 3 is 2.19 bits per heavy atom. The number of halogens is 4. The maximum absolute atomic E-state index is 12.8. The third kappa shape index (κ3) is 3.67. The lowest BCUT2D eigenvalue weighted by molar-refractivity contribution is -0.137. The summed E-state index contributed by atoms with van der Waals surface area (Å²) in [6.45, 7) is 0. The summed E-state index contributed by atoms with van der Waals surface area (Å²) in [7, 11) is 0. The fraction of sp³-hybridized carbons (Fsp3) is 0.0714. The Balaban J connectivity index is 2.37. The fourth-order valence-electron chi connectivity index (χ4n) is 1.59. The van der Waals surface area contributed by atoms with E-state index in [0.717, 1.165) is 24.3 Å². The van der Waals surface area contributed by atoms with Gasteiger partial charge in [-0.25, -0.2) is 9.18 Å². The summed E-state index contributed by atoms with van der Waals surface area (Å²) < 4.78 is 56.5. The summed E-state index contributed by atoms with van der Waals surface area (Å²) in [5, 5.41) is 0. The van der Waals surface area contributed by atoms with Crippen molar-refractivity contribution < 1.29 is 27.1 Å².